The maximum absolute atomic E-state index is 12.5. The Hall–Kier alpha value is -3.83. The first-order chi connectivity index (χ1) is 17.1. The molecule has 1 aromatic carbocycles. The van der Waals surface area contributed by atoms with Gasteiger partial charge in [-0.1, -0.05) is 62.7 Å². The zero-order chi connectivity index (χ0) is 30.7. The summed E-state index contributed by atoms with van der Waals surface area (Å²) in [5, 5.41) is 7.60. The first kappa shape index (κ1) is 38.7. The lowest BCUT2D eigenvalue weighted by atomic mass is 10.2. The Morgan fingerprint density at radius 3 is 1.66 bits per heavy atom. The second kappa shape index (κ2) is 18.4. The van der Waals surface area contributed by atoms with E-state index in [4.69, 9.17) is 9.84 Å². The van der Waals surface area contributed by atoms with E-state index >= 15 is 0 Å². The molecule has 1 rings (SSSR count). The quantitative estimate of drug-likeness (QED) is 0.228. The molecule has 0 aliphatic heterocycles. The number of aliphatic carboxylic acids is 1. The molecule has 38 heavy (non-hydrogen) atoms. The number of halogens is 6. The number of rotatable bonds is 7. The molecule has 0 fully saturated rings. The molecule has 214 valence electrons. The summed E-state index contributed by atoms with van der Waals surface area (Å²) in [6.07, 6.45) is -6.26. The number of carbonyl (C=O) groups is 3. The van der Waals surface area contributed by atoms with Gasteiger partial charge in [-0.15, -0.1) is 0 Å². The minimum Gasteiger partial charge on any atom is -0.478 e. The van der Waals surface area contributed by atoms with E-state index in [1.165, 1.54) is 5.56 Å². The normalized spacial score (nSPS) is 11.2. The van der Waals surface area contributed by atoms with E-state index < -0.39 is 42.4 Å². The molecule has 0 amide bonds. The molecule has 0 aromatic heterocycles. The van der Waals surface area contributed by atoms with Crippen molar-refractivity contribution in [2.24, 2.45) is 0 Å². The van der Waals surface area contributed by atoms with Gasteiger partial charge in [-0.3, -0.25) is 0 Å². The van der Waals surface area contributed by atoms with Crippen LogP contribution in [-0.4, -0.2) is 53.5 Å². The van der Waals surface area contributed by atoms with Crippen LogP contribution in [0.25, 0.3) is 6.08 Å². The summed E-state index contributed by atoms with van der Waals surface area (Å²) in [5.74, 6) is -7.48. The number of esters is 2. The van der Waals surface area contributed by atoms with Crippen molar-refractivity contribution in [3.8, 4) is 0 Å². The summed E-state index contributed by atoms with van der Waals surface area (Å²) in [7, 11) is 0. The zero-order valence-electron chi connectivity index (χ0n) is 21.5. The van der Waals surface area contributed by atoms with Gasteiger partial charge in [0.05, 0.1) is 0 Å². The van der Waals surface area contributed by atoms with Gasteiger partial charge in [-0.05, 0) is 33.3 Å². The molecular formula is C26H32F6O6. The van der Waals surface area contributed by atoms with Crippen molar-refractivity contribution in [2.75, 3.05) is 6.61 Å². The van der Waals surface area contributed by atoms with Gasteiger partial charge in [-0.2, -0.15) is 22.0 Å². The van der Waals surface area contributed by atoms with Crippen LogP contribution in [-0.2, 0) is 23.9 Å². The van der Waals surface area contributed by atoms with Gasteiger partial charge in [0, 0.05) is 17.7 Å². The van der Waals surface area contributed by atoms with Gasteiger partial charge >= 0.3 is 30.0 Å². The van der Waals surface area contributed by atoms with Crippen LogP contribution in [0, 0.1) is 0 Å². The maximum atomic E-state index is 12.5. The van der Waals surface area contributed by atoms with Crippen molar-refractivity contribution in [1.82, 2.24) is 0 Å². The molecule has 0 aliphatic rings. The summed E-state index contributed by atoms with van der Waals surface area (Å²) in [4.78, 5) is 30.3. The topological polar surface area (TPSA) is 89.9 Å². The third-order valence-corrected chi connectivity index (χ3v) is 3.19. The van der Waals surface area contributed by atoms with Crippen LogP contribution in [0.5, 0.6) is 0 Å². The maximum Gasteiger partial charge on any atom is 0.425 e. The van der Waals surface area contributed by atoms with E-state index in [9.17, 15) is 40.7 Å². The molecule has 0 heterocycles. The minimum absolute atomic E-state index is 0.279. The molecule has 0 saturated heterocycles. The fourth-order valence-corrected chi connectivity index (χ4v) is 1.53. The van der Waals surface area contributed by atoms with Gasteiger partial charge in [0.2, 0.25) is 0 Å². The number of carboxylic acid groups (broad SMARTS) is 1. The lowest BCUT2D eigenvalue weighted by Crippen LogP contribution is -2.45. The van der Waals surface area contributed by atoms with Crippen LogP contribution < -0.4 is 0 Å². The number of hydrogen-bond acceptors (Lipinski definition) is 5. The van der Waals surface area contributed by atoms with Crippen molar-refractivity contribution in [2.45, 2.75) is 51.6 Å². The SMILES string of the molecule is C=C(C)C(=O)OCC(F)(F)C(F)C(F)(F)F.C=CC(=O)O.C=CC(=O)OC(C)(C)C.C=Cc1ccccc1. The smallest absolute Gasteiger partial charge is 0.425 e. The van der Waals surface area contributed by atoms with Crippen molar-refractivity contribution in [3.63, 3.8) is 0 Å². The second-order valence-electron chi connectivity index (χ2n) is 7.92. The highest BCUT2D eigenvalue weighted by molar-refractivity contribution is 5.86. The first-order valence-electron chi connectivity index (χ1n) is 10.4. The van der Waals surface area contributed by atoms with Gasteiger partial charge in [0.25, 0.3) is 6.17 Å². The lowest BCUT2D eigenvalue weighted by molar-refractivity contribution is -0.253. The molecule has 1 unspecified atom stereocenters. The predicted octanol–water partition coefficient (Wildman–Crippen LogP) is 6.74. The third-order valence-electron chi connectivity index (χ3n) is 3.19. The van der Waals surface area contributed by atoms with E-state index in [2.05, 4.69) is 31.1 Å². The minimum atomic E-state index is -5.71. The second-order valence-corrected chi connectivity index (χ2v) is 7.92. The molecule has 0 saturated carbocycles. The van der Waals surface area contributed by atoms with Crippen LogP contribution in [0.15, 0.2) is 74.4 Å². The molecule has 6 nitrogen and oxygen atoms in total. The van der Waals surface area contributed by atoms with Gasteiger partial charge < -0.3 is 14.6 Å². The van der Waals surface area contributed by atoms with Crippen molar-refractivity contribution in [1.29, 1.82) is 0 Å². The average Bonchev–Trinajstić information content (AvgIpc) is 2.81. The molecule has 1 atom stereocenters. The van der Waals surface area contributed by atoms with E-state index in [0.29, 0.717) is 0 Å². The number of carboxylic acids is 1. The van der Waals surface area contributed by atoms with Gasteiger partial charge in [-0.25, -0.2) is 18.8 Å². The lowest BCUT2D eigenvalue weighted by Gasteiger charge is -2.22. The molecule has 0 radical (unpaired) electrons. The standard InChI is InChI=1S/C8H8F6O2.C8H8.C7H12O2.C3H4O2/c1-4(2)5(15)16-3-7(10,11)6(9)8(12,13)14;1-2-8-6-4-3-5-7-8;1-5-6(8)9-7(2,3)4;1-2-3(4)5/h6H,1,3H2,2H3;2-7H,1H2;5H,1H2,2-4H3;2H,1H2,(H,4,5). The van der Waals surface area contributed by atoms with Crippen LogP contribution in [0.3, 0.4) is 0 Å². The summed E-state index contributed by atoms with van der Waals surface area (Å²) in [6, 6.07) is 10.0. The van der Waals surface area contributed by atoms with Crippen LogP contribution in [0.1, 0.15) is 33.3 Å². The molecule has 1 N–H and O–H groups in total. The number of ether oxygens (including phenoxy) is 2. The highest BCUT2D eigenvalue weighted by atomic mass is 19.4. The van der Waals surface area contributed by atoms with Gasteiger partial charge in [0.1, 0.15) is 5.60 Å². The molecule has 0 spiro atoms. The first-order valence-corrected chi connectivity index (χ1v) is 10.4. The molecule has 0 aliphatic carbocycles. The Morgan fingerprint density at radius 1 is 0.974 bits per heavy atom. The number of carbonyl (C=O) groups excluding carboxylic acids is 2. The van der Waals surface area contributed by atoms with Crippen LogP contribution in [0.2, 0.25) is 0 Å². The third kappa shape index (κ3) is 22.6. The van der Waals surface area contributed by atoms with Crippen LogP contribution in [0.4, 0.5) is 26.3 Å². The highest BCUT2D eigenvalue weighted by Gasteiger charge is 2.57. The summed E-state index contributed by atoms with van der Waals surface area (Å²) in [5.41, 5.74) is 0.497. The Kier molecular flexibility index (Phi) is 18.8. The van der Waals surface area contributed by atoms with E-state index in [1.807, 2.05) is 57.2 Å². The molecular weight excluding hydrogens is 522 g/mol. The summed E-state index contributed by atoms with van der Waals surface area (Å²) in [6.45, 7) is 17.4. The Bertz CT molecular complexity index is 918. The fourth-order valence-electron chi connectivity index (χ4n) is 1.53. The fraction of sp³-hybridized carbons (Fsp3) is 0.346. The van der Waals surface area contributed by atoms with E-state index in [-0.39, 0.29) is 11.5 Å². The molecule has 0 bridgehead atoms. The Labute approximate surface area is 217 Å². The number of benzene rings is 1. The molecule has 1 aromatic rings. The zero-order valence-corrected chi connectivity index (χ0v) is 21.5. The largest absolute Gasteiger partial charge is 0.478 e. The van der Waals surface area contributed by atoms with E-state index in [0.717, 1.165) is 19.1 Å². The average molecular weight is 555 g/mol. The van der Waals surface area contributed by atoms with Crippen LogP contribution >= 0.6 is 0 Å². The monoisotopic (exact) mass is 554 g/mol. The predicted molar refractivity (Wildman–Crippen MR) is 132 cm³/mol. The summed E-state index contributed by atoms with van der Waals surface area (Å²) >= 11 is 0. The van der Waals surface area contributed by atoms with E-state index in [1.54, 1.807) is 0 Å². The number of alkyl halides is 6. The van der Waals surface area contributed by atoms with Crippen molar-refractivity contribution >= 4 is 24.0 Å². The van der Waals surface area contributed by atoms with Crippen molar-refractivity contribution < 1.29 is 55.3 Å². The molecule has 12 heteroatoms. The Morgan fingerprint density at radius 2 is 1.42 bits per heavy atom. The van der Waals surface area contributed by atoms with Gasteiger partial charge in [0.15, 0.2) is 6.61 Å². The summed E-state index contributed by atoms with van der Waals surface area (Å²) < 4.78 is 80.8. The van der Waals surface area contributed by atoms with Crippen molar-refractivity contribution in [3.05, 3.63) is 79.9 Å². The number of hydrogen-bond donors (Lipinski definition) is 1. The Balaban J connectivity index is -0.000000471. The highest BCUT2D eigenvalue weighted by Crippen LogP contribution is 2.35.